The molecule has 3 rings (SSSR count). The van der Waals surface area contributed by atoms with Crippen LogP contribution in [0.5, 0.6) is 11.5 Å². The number of hydrogen-bond acceptors (Lipinski definition) is 3. The SMILES string of the molecule is O=C(C=Cc1ccc2c(c1)OCCCO2)Nc1cccc(Cl)c1Cl. The molecule has 0 saturated heterocycles. The van der Waals surface area contributed by atoms with Crippen LogP contribution in [-0.4, -0.2) is 19.1 Å². The summed E-state index contributed by atoms with van der Waals surface area (Å²) in [6.45, 7) is 1.26. The molecule has 0 radical (unpaired) electrons. The van der Waals surface area contributed by atoms with Gasteiger partial charge in [-0.3, -0.25) is 4.79 Å². The van der Waals surface area contributed by atoms with Gasteiger partial charge in [0.15, 0.2) is 11.5 Å². The average molecular weight is 364 g/mol. The maximum Gasteiger partial charge on any atom is 0.248 e. The third-order valence-corrected chi connectivity index (χ3v) is 4.23. The molecule has 0 aliphatic carbocycles. The lowest BCUT2D eigenvalue weighted by molar-refractivity contribution is -0.111. The number of amides is 1. The van der Waals surface area contributed by atoms with Crippen LogP contribution in [0, 0.1) is 0 Å². The van der Waals surface area contributed by atoms with Crippen LogP contribution >= 0.6 is 23.2 Å². The summed E-state index contributed by atoms with van der Waals surface area (Å²) in [6.07, 6.45) is 3.97. The summed E-state index contributed by atoms with van der Waals surface area (Å²) in [6, 6.07) is 10.6. The van der Waals surface area contributed by atoms with Gasteiger partial charge in [-0.05, 0) is 35.9 Å². The first-order valence-corrected chi connectivity index (χ1v) is 8.22. The van der Waals surface area contributed by atoms with Crippen molar-refractivity contribution in [2.45, 2.75) is 6.42 Å². The molecule has 0 aromatic heterocycles. The molecule has 124 valence electrons. The normalized spacial score (nSPS) is 13.6. The Morgan fingerprint density at radius 1 is 1.08 bits per heavy atom. The fourth-order valence-electron chi connectivity index (χ4n) is 2.23. The van der Waals surface area contributed by atoms with Gasteiger partial charge < -0.3 is 14.8 Å². The number of ether oxygens (including phenoxy) is 2. The number of fused-ring (bicyclic) bond motifs is 1. The first kappa shape index (κ1) is 16.7. The number of rotatable bonds is 3. The van der Waals surface area contributed by atoms with Gasteiger partial charge >= 0.3 is 0 Å². The van der Waals surface area contributed by atoms with E-state index >= 15 is 0 Å². The minimum absolute atomic E-state index is 0.300. The summed E-state index contributed by atoms with van der Waals surface area (Å²) < 4.78 is 11.2. The Balaban J connectivity index is 1.70. The van der Waals surface area contributed by atoms with Gasteiger partial charge in [0.05, 0.1) is 28.9 Å². The maximum atomic E-state index is 12.0. The van der Waals surface area contributed by atoms with Gasteiger partial charge in [0.25, 0.3) is 0 Å². The summed E-state index contributed by atoms with van der Waals surface area (Å²) in [5, 5.41) is 3.40. The van der Waals surface area contributed by atoms with E-state index in [1.165, 1.54) is 6.08 Å². The highest BCUT2D eigenvalue weighted by molar-refractivity contribution is 6.44. The van der Waals surface area contributed by atoms with E-state index < -0.39 is 0 Å². The van der Waals surface area contributed by atoms with Crippen LogP contribution < -0.4 is 14.8 Å². The predicted molar refractivity (Wildman–Crippen MR) is 96.2 cm³/mol. The molecule has 0 unspecified atom stereocenters. The van der Waals surface area contributed by atoms with Gasteiger partial charge in [0, 0.05) is 12.5 Å². The highest BCUT2D eigenvalue weighted by atomic mass is 35.5. The highest BCUT2D eigenvalue weighted by Gasteiger charge is 2.10. The smallest absolute Gasteiger partial charge is 0.248 e. The fourth-order valence-corrected chi connectivity index (χ4v) is 2.58. The average Bonchev–Trinajstić information content (AvgIpc) is 2.82. The van der Waals surface area contributed by atoms with Crippen LogP contribution in [0.15, 0.2) is 42.5 Å². The van der Waals surface area contributed by atoms with Crippen molar-refractivity contribution in [3.05, 3.63) is 58.1 Å². The van der Waals surface area contributed by atoms with Gasteiger partial charge in [-0.1, -0.05) is 35.3 Å². The summed E-state index contributed by atoms with van der Waals surface area (Å²) >= 11 is 12.0. The molecule has 1 N–H and O–H groups in total. The Hall–Kier alpha value is -2.17. The van der Waals surface area contributed by atoms with Crippen molar-refractivity contribution >= 4 is 40.9 Å². The van der Waals surface area contributed by atoms with Crippen LogP contribution in [0.1, 0.15) is 12.0 Å². The Morgan fingerprint density at radius 2 is 1.88 bits per heavy atom. The van der Waals surface area contributed by atoms with Crippen LogP contribution in [0.4, 0.5) is 5.69 Å². The molecular weight excluding hydrogens is 349 g/mol. The number of hydrogen-bond donors (Lipinski definition) is 1. The quantitative estimate of drug-likeness (QED) is 0.796. The lowest BCUT2D eigenvalue weighted by Crippen LogP contribution is -2.08. The molecule has 1 aliphatic rings. The van der Waals surface area contributed by atoms with Crippen molar-refractivity contribution in [2.75, 3.05) is 18.5 Å². The molecule has 6 heteroatoms. The molecule has 1 amide bonds. The van der Waals surface area contributed by atoms with Crippen molar-refractivity contribution in [1.82, 2.24) is 0 Å². The number of anilines is 1. The van der Waals surface area contributed by atoms with Crippen molar-refractivity contribution < 1.29 is 14.3 Å². The van der Waals surface area contributed by atoms with Crippen molar-refractivity contribution in [2.24, 2.45) is 0 Å². The Labute approximate surface area is 150 Å². The van der Waals surface area contributed by atoms with E-state index in [9.17, 15) is 4.79 Å². The molecule has 24 heavy (non-hydrogen) atoms. The topological polar surface area (TPSA) is 47.6 Å². The highest BCUT2D eigenvalue weighted by Crippen LogP contribution is 2.31. The van der Waals surface area contributed by atoms with E-state index in [-0.39, 0.29) is 5.91 Å². The lowest BCUT2D eigenvalue weighted by Gasteiger charge is -2.08. The molecule has 1 heterocycles. The zero-order valence-corrected chi connectivity index (χ0v) is 14.2. The van der Waals surface area contributed by atoms with Gasteiger partial charge in [-0.25, -0.2) is 0 Å². The fraction of sp³-hybridized carbons (Fsp3) is 0.167. The number of carbonyl (C=O) groups excluding carboxylic acids is 1. The number of halogens is 2. The zero-order chi connectivity index (χ0) is 16.9. The number of carbonyl (C=O) groups is 1. The summed E-state index contributed by atoms with van der Waals surface area (Å²) in [5.74, 6) is 1.11. The van der Waals surface area contributed by atoms with Gasteiger partial charge in [0.1, 0.15) is 0 Å². The van der Waals surface area contributed by atoms with E-state index in [2.05, 4.69) is 5.32 Å². The molecule has 0 saturated carbocycles. The molecule has 0 bridgehead atoms. The van der Waals surface area contributed by atoms with Gasteiger partial charge in [0.2, 0.25) is 5.91 Å². The van der Waals surface area contributed by atoms with E-state index in [0.29, 0.717) is 34.7 Å². The zero-order valence-electron chi connectivity index (χ0n) is 12.7. The van der Waals surface area contributed by atoms with E-state index in [1.807, 2.05) is 18.2 Å². The second kappa shape index (κ2) is 7.60. The molecule has 4 nitrogen and oxygen atoms in total. The molecule has 0 atom stereocenters. The van der Waals surface area contributed by atoms with Gasteiger partial charge in [-0.2, -0.15) is 0 Å². The first-order chi connectivity index (χ1) is 11.6. The monoisotopic (exact) mass is 363 g/mol. The lowest BCUT2D eigenvalue weighted by atomic mass is 10.2. The van der Waals surface area contributed by atoms with Crippen molar-refractivity contribution in [1.29, 1.82) is 0 Å². The Morgan fingerprint density at radius 3 is 2.71 bits per heavy atom. The van der Waals surface area contributed by atoms with Crippen LogP contribution in [-0.2, 0) is 4.79 Å². The first-order valence-electron chi connectivity index (χ1n) is 7.46. The molecule has 0 fully saturated rings. The van der Waals surface area contributed by atoms with Crippen LogP contribution in [0.2, 0.25) is 10.0 Å². The van der Waals surface area contributed by atoms with E-state index in [0.717, 1.165) is 17.7 Å². The number of nitrogens with one attached hydrogen (secondary N) is 1. The minimum Gasteiger partial charge on any atom is -0.490 e. The van der Waals surface area contributed by atoms with Gasteiger partial charge in [-0.15, -0.1) is 0 Å². The Kier molecular flexibility index (Phi) is 5.28. The summed E-state index contributed by atoms with van der Waals surface area (Å²) in [7, 11) is 0. The predicted octanol–water partition coefficient (Wildman–Crippen LogP) is 4.81. The van der Waals surface area contributed by atoms with Crippen molar-refractivity contribution in [3.63, 3.8) is 0 Å². The Bertz CT molecular complexity index is 790. The van der Waals surface area contributed by atoms with Crippen LogP contribution in [0.3, 0.4) is 0 Å². The minimum atomic E-state index is -0.300. The summed E-state index contributed by atoms with van der Waals surface area (Å²) in [5.41, 5.74) is 1.31. The third kappa shape index (κ3) is 4.02. The molecule has 2 aromatic carbocycles. The second-order valence-electron chi connectivity index (χ2n) is 5.18. The molecule has 2 aromatic rings. The van der Waals surface area contributed by atoms with Crippen LogP contribution in [0.25, 0.3) is 6.08 Å². The van der Waals surface area contributed by atoms with E-state index in [1.54, 1.807) is 24.3 Å². The maximum absolute atomic E-state index is 12.0. The number of benzene rings is 2. The van der Waals surface area contributed by atoms with E-state index in [4.69, 9.17) is 32.7 Å². The molecule has 0 spiro atoms. The second-order valence-corrected chi connectivity index (χ2v) is 5.97. The standard InChI is InChI=1S/C18H15Cl2NO3/c19-13-3-1-4-14(18(13)20)21-17(22)8-6-12-5-7-15-16(11-12)24-10-2-9-23-15/h1,3-8,11H,2,9-10H2,(H,21,22). The third-order valence-electron chi connectivity index (χ3n) is 3.41. The van der Waals surface area contributed by atoms with Crippen molar-refractivity contribution in [3.8, 4) is 11.5 Å². The molecule has 1 aliphatic heterocycles. The summed E-state index contributed by atoms with van der Waals surface area (Å²) in [4.78, 5) is 12.0. The molecular formula is C18H15Cl2NO3. The largest absolute Gasteiger partial charge is 0.490 e.